The Morgan fingerprint density at radius 2 is 2.38 bits per heavy atom. The molecule has 2 rings (SSSR count). The lowest BCUT2D eigenvalue weighted by Gasteiger charge is -2.30. The molecule has 0 radical (unpaired) electrons. The normalized spacial score (nSPS) is 23.4. The van der Waals surface area contributed by atoms with Gasteiger partial charge in [0, 0.05) is 19.6 Å². The molecule has 0 saturated carbocycles. The number of sulfonamides is 1. The maximum absolute atomic E-state index is 12.0. The van der Waals surface area contributed by atoms with E-state index in [9.17, 15) is 8.42 Å². The van der Waals surface area contributed by atoms with Crippen LogP contribution in [-0.4, -0.2) is 45.1 Å². The summed E-state index contributed by atoms with van der Waals surface area (Å²) in [6.07, 6.45) is 1.10. The van der Waals surface area contributed by atoms with Crippen molar-refractivity contribution in [1.82, 2.24) is 4.31 Å². The molecule has 7 heteroatoms. The van der Waals surface area contributed by atoms with E-state index < -0.39 is 10.0 Å². The molecule has 1 unspecified atom stereocenters. The molecule has 1 fully saturated rings. The van der Waals surface area contributed by atoms with Crippen molar-refractivity contribution in [3.8, 4) is 0 Å². The molecule has 0 aromatic carbocycles. The minimum absolute atomic E-state index is 0.0369. The summed E-state index contributed by atoms with van der Waals surface area (Å²) in [5.74, 6) is 0. The number of hydrogen-bond donors (Lipinski definition) is 1. The van der Waals surface area contributed by atoms with Crippen LogP contribution in [0.2, 0.25) is 0 Å². The van der Waals surface area contributed by atoms with Crippen molar-refractivity contribution in [2.75, 3.05) is 26.2 Å². The number of rotatable bonds is 3. The van der Waals surface area contributed by atoms with Crippen molar-refractivity contribution >= 4 is 10.0 Å². The Labute approximate surface area is 94.0 Å². The van der Waals surface area contributed by atoms with Crippen LogP contribution >= 0.6 is 0 Å². The summed E-state index contributed by atoms with van der Waals surface area (Å²) in [6, 6.07) is 2.98. The first-order valence-electron chi connectivity index (χ1n) is 5.00. The summed E-state index contributed by atoms with van der Waals surface area (Å²) in [5.41, 5.74) is 5.46. The molecule has 1 aromatic rings. The van der Waals surface area contributed by atoms with Gasteiger partial charge in [-0.1, -0.05) is 0 Å². The van der Waals surface area contributed by atoms with Crippen molar-refractivity contribution in [3.05, 3.63) is 18.4 Å². The molecule has 16 heavy (non-hydrogen) atoms. The zero-order valence-electron chi connectivity index (χ0n) is 8.70. The third kappa shape index (κ3) is 2.12. The third-order valence-corrected chi connectivity index (χ3v) is 4.21. The number of furan rings is 1. The lowest BCUT2D eigenvalue weighted by atomic mass is 10.3. The molecule has 2 N–H and O–H groups in total. The van der Waals surface area contributed by atoms with Gasteiger partial charge in [-0.05, 0) is 12.1 Å². The Morgan fingerprint density at radius 3 is 3.00 bits per heavy atom. The van der Waals surface area contributed by atoms with Gasteiger partial charge in [-0.25, -0.2) is 8.42 Å². The van der Waals surface area contributed by atoms with Crippen LogP contribution < -0.4 is 5.73 Å². The zero-order valence-corrected chi connectivity index (χ0v) is 9.52. The highest BCUT2D eigenvalue weighted by molar-refractivity contribution is 7.89. The fourth-order valence-electron chi connectivity index (χ4n) is 1.59. The van der Waals surface area contributed by atoms with Gasteiger partial charge in [0.2, 0.25) is 5.09 Å². The Morgan fingerprint density at radius 1 is 1.56 bits per heavy atom. The third-order valence-electron chi connectivity index (χ3n) is 2.45. The van der Waals surface area contributed by atoms with Gasteiger partial charge in [0.05, 0.1) is 19.0 Å². The van der Waals surface area contributed by atoms with E-state index in [4.69, 9.17) is 14.9 Å². The molecule has 0 bridgehead atoms. The van der Waals surface area contributed by atoms with Crippen molar-refractivity contribution in [1.29, 1.82) is 0 Å². The second kappa shape index (κ2) is 4.54. The summed E-state index contributed by atoms with van der Waals surface area (Å²) in [4.78, 5) is 0. The van der Waals surface area contributed by atoms with E-state index in [-0.39, 0.29) is 17.7 Å². The topological polar surface area (TPSA) is 85.8 Å². The first kappa shape index (κ1) is 11.6. The van der Waals surface area contributed by atoms with E-state index in [0.29, 0.717) is 19.7 Å². The lowest BCUT2D eigenvalue weighted by Crippen LogP contribution is -2.47. The summed E-state index contributed by atoms with van der Waals surface area (Å²) < 4.78 is 35.7. The number of nitrogens with two attached hydrogens (primary N) is 1. The molecule has 90 valence electrons. The molecule has 1 aromatic heterocycles. The van der Waals surface area contributed by atoms with Crippen molar-refractivity contribution in [2.45, 2.75) is 11.2 Å². The van der Waals surface area contributed by atoms with Crippen LogP contribution in [0.1, 0.15) is 0 Å². The Hall–Kier alpha value is -0.890. The standard InChI is InChI=1S/C9H14N2O4S/c10-6-8-7-11(3-5-14-8)16(12,13)9-2-1-4-15-9/h1-2,4,8H,3,5-7,10H2. The van der Waals surface area contributed by atoms with Crippen molar-refractivity contribution in [2.24, 2.45) is 5.73 Å². The highest BCUT2D eigenvalue weighted by Crippen LogP contribution is 2.18. The zero-order chi connectivity index (χ0) is 11.6. The first-order valence-corrected chi connectivity index (χ1v) is 6.44. The largest absolute Gasteiger partial charge is 0.452 e. The second-order valence-corrected chi connectivity index (χ2v) is 5.39. The molecule has 0 spiro atoms. The average Bonchev–Trinajstić information content (AvgIpc) is 2.83. The SMILES string of the molecule is NCC1CN(S(=O)(=O)c2ccco2)CCO1. The molecule has 2 heterocycles. The first-order chi connectivity index (χ1) is 7.64. The number of nitrogens with zero attached hydrogens (tertiary/aromatic N) is 1. The van der Waals surface area contributed by atoms with Crippen LogP contribution in [0.25, 0.3) is 0 Å². The Bertz CT molecular complexity index is 428. The van der Waals surface area contributed by atoms with Gasteiger partial charge in [-0.2, -0.15) is 4.31 Å². The second-order valence-electron chi connectivity index (χ2n) is 3.52. The van der Waals surface area contributed by atoms with Gasteiger partial charge in [0.25, 0.3) is 10.0 Å². The minimum atomic E-state index is -3.53. The van der Waals surface area contributed by atoms with E-state index in [0.717, 1.165) is 0 Å². The Kier molecular flexibility index (Phi) is 3.29. The van der Waals surface area contributed by atoms with Crippen LogP contribution in [0.3, 0.4) is 0 Å². The summed E-state index contributed by atoms with van der Waals surface area (Å²) in [6.45, 7) is 1.28. The van der Waals surface area contributed by atoms with Gasteiger partial charge in [0.15, 0.2) is 0 Å². The average molecular weight is 246 g/mol. The fourth-order valence-corrected chi connectivity index (χ4v) is 2.95. The van der Waals surface area contributed by atoms with Gasteiger partial charge in [0.1, 0.15) is 0 Å². The molecule has 1 atom stereocenters. The molecule has 0 amide bonds. The molecular formula is C9H14N2O4S. The molecule has 1 aliphatic rings. The maximum Gasteiger partial charge on any atom is 0.276 e. The molecule has 1 aliphatic heterocycles. The van der Waals surface area contributed by atoms with E-state index in [1.54, 1.807) is 6.07 Å². The molecule has 1 saturated heterocycles. The number of morpholine rings is 1. The quantitative estimate of drug-likeness (QED) is 0.786. The number of ether oxygens (including phenoxy) is 1. The predicted molar refractivity (Wildman–Crippen MR) is 56.3 cm³/mol. The van der Waals surface area contributed by atoms with Gasteiger partial charge < -0.3 is 14.9 Å². The Balaban J connectivity index is 2.18. The monoisotopic (exact) mass is 246 g/mol. The highest BCUT2D eigenvalue weighted by atomic mass is 32.2. The van der Waals surface area contributed by atoms with Crippen molar-refractivity contribution in [3.63, 3.8) is 0 Å². The van der Waals surface area contributed by atoms with E-state index in [1.165, 1.54) is 16.6 Å². The van der Waals surface area contributed by atoms with Gasteiger partial charge in [-0.3, -0.25) is 0 Å². The molecular weight excluding hydrogens is 232 g/mol. The van der Waals surface area contributed by atoms with Crippen LogP contribution in [0.15, 0.2) is 27.9 Å². The summed E-state index contributed by atoms with van der Waals surface area (Å²) in [5, 5.41) is -0.0369. The van der Waals surface area contributed by atoms with Crippen LogP contribution in [0.4, 0.5) is 0 Å². The molecule has 6 nitrogen and oxygen atoms in total. The summed E-state index contributed by atoms with van der Waals surface area (Å²) >= 11 is 0. The fraction of sp³-hybridized carbons (Fsp3) is 0.556. The highest BCUT2D eigenvalue weighted by Gasteiger charge is 2.31. The van der Waals surface area contributed by atoms with Gasteiger partial charge >= 0.3 is 0 Å². The van der Waals surface area contributed by atoms with Crippen LogP contribution in [0.5, 0.6) is 0 Å². The van der Waals surface area contributed by atoms with Gasteiger partial charge in [-0.15, -0.1) is 0 Å². The van der Waals surface area contributed by atoms with E-state index in [2.05, 4.69) is 0 Å². The van der Waals surface area contributed by atoms with Crippen molar-refractivity contribution < 1.29 is 17.6 Å². The van der Waals surface area contributed by atoms with Crippen LogP contribution in [-0.2, 0) is 14.8 Å². The van der Waals surface area contributed by atoms with E-state index >= 15 is 0 Å². The van der Waals surface area contributed by atoms with Crippen LogP contribution in [0, 0.1) is 0 Å². The lowest BCUT2D eigenvalue weighted by molar-refractivity contribution is 0.00413. The molecule has 0 aliphatic carbocycles. The van der Waals surface area contributed by atoms with E-state index in [1.807, 2.05) is 0 Å². The number of hydrogen-bond acceptors (Lipinski definition) is 5. The maximum atomic E-state index is 12.0. The smallest absolute Gasteiger partial charge is 0.276 e. The predicted octanol–water partition coefficient (Wildman–Crippen LogP) is -0.372. The minimum Gasteiger partial charge on any atom is -0.452 e. The summed E-state index contributed by atoms with van der Waals surface area (Å²) in [7, 11) is -3.53.